The lowest BCUT2D eigenvalue weighted by Crippen LogP contribution is -2.45. The summed E-state index contributed by atoms with van der Waals surface area (Å²) in [5, 5.41) is 2.00. The summed E-state index contributed by atoms with van der Waals surface area (Å²) < 4.78 is 24.5. The van der Waals surface area contributed by atoms with Crippen molar-refractivity contribution in [1.29, 1.82) is 0 Å². The van der Waals surface area contributed by atoms with Crippen molar-refractivity contribution in [1.82, 2.24) is 9.80 Å². The molecule has 0 spiro atoms. The number of nitrogens with zero attached hydrogens (tertiary/aromatic N) is 2. The number of rotatable bonds is 10. The number of carbonyl (C=O) groups is 2. The summed E-state index contributed by atoms with van der Waals surface area (Å²) in [6.07, 6.45) is 1.70. The molecule has 0 N–H and O–H groups in total. The first kappa shape index (κ1) is 25.9. The molecule has 190 valence electrons. The van der Waals surface area contributed by atoms with E-state index in [-0.39, 0.29) is 30.3 Å². The Kier molecular flexibility index (Phi) is 8.72. The van der Waals surface area contributed by atoms with E-state index in [4.69, 9.17) is 9.47 Å². The second-order valence-electron chi connectivity index (χ2n) is 8.95. The summed E-state index contributed by atoms with van der Waals surface area (Å²) in [7, 11) is 1.57. The first-order valence-corrected chi connectivity index (χ1v) is 12.9. The van der Waals surface area contributed by atoms with Crippen molar-refractivity contribution < 1.29 is 23.5 Å². The molecule has 1 aromatic heterocycles. The minimum absolute atomic E-state index is 0.0731. The second-order valence-corrected chi connectivity index (χ2v) is 9.95. The van der Waals surface area contributed by atoms with E-state index in [1.165, 1.54) is 12.1 Å². The largest absolute Gasteiger partial charge is 0.497 e. The van der Waals surface area contributed by atoms with Crippen LogP contribution in [0.25, 0.3) is 0 Å². The van der Waals surface area contributed by atoms with Gasteiger partial charge in [0.2, 0.25) is 5.91 Å². The third-order valence-electron chi connectivity index (χ3n) is 6.34. The van der Waals surface area contributed by atoms with Gasteiger partial charge in [-0.15, -0.1) is 11.3 Å². The van der Waals surface area contributed by atoms with Crippen LogP contribution in [0.3, 0.4) is 0 Å². The lowest BCUT2D eigenvalue weighted by atomic mass is 10.1. The van der Waals surface area contributed by atoms with Crippen molar-refractivity contribution in [3.8, 4) is 5.75 Å². The third kappa shape index (κ3) is 6.71. The van der Waals surface area contributed by atoms with Crippen molar-refractivity contribution in [3.05, 3.63) is 87.4 Å². The molecular weight excluding hydrogens is 479 g/mol. The minimum Gasteiger partial charge on any atom is -0.497 e. The van der Waals surface area contributed by atoms with Crippen molar-refractivity contribution in [2.75, 3.05) is 26.8 Å². The fourth-order valence-corrected chi connectivity index (χ4v) is 5.14. The number of methoxy groups -OCH3 is 1. The number of hydrogen-bond donors (Lipinski definition) is 0. The third-order valence-corrected chi connectivity index (χ3v) is 7.35. The van der Waals surface area contributed by atoms with Crippen molar-refractivity contribution in [3.63, 3.8) is 0 Å². The molecule has 1 unspecified atom stereocenters. The highest BCUT2D eigenvalue weighted by atomic mass is 32.1. The van der Waals surface area contributed by atoms with Crippen LogP contribution < -0.4 is 4.74 Å². The van der Waals surface area contributed by atoms with E-state index in [9.17, 15) is 14.0 Å². The summed E-state index contributed by atoms with van der Waals surface area (Å²) >= 11 is 1.59. The van der Waals surface area contributed by atoms with Gasteiger partial charge in [-0.3, -0.25) is 9.59 Å². The molecule has 8 heteroatoms. The molecule has 2 amide bonds. The average Bonchev–Trinajstić information content (AvgIpc) is 3.55. The molecule has 0 radical (unpaired) electrons. The molecule has 36 heavy (non-hydrogen) atoms. The Balaban J connectivity index is 1.56. The van der Waals surface area contributed by atoms with E-state index in [1.807, 2.05) is 18.4 Å². The molecule has 3 aromatic rings. The highest BCUT2D eigenvalue weighted by Gasteiger charge is 2.27. The van der Waals surface area contributed by atoms with Gasteiger partial charge in [-0.2, -0.15) is 0 Å². The zero-order valence-electron chi connectivity index (χ0n) is 20.6. The fraction of sp³-hybridized carbons (Fsp3) is 0.357. The quantitative estimate of drug-likeness (QED) is 0.383. The number of halogens is 1. The van der Waals surface area contributed by atoms with Crippen LogP contribution in [0.4, 0.5) is 4.39 Å². The number of aryl methyl sites for hydroxylation is 1. The molecule has 2 heterocycles. The predicted molar refractivity (Wildman–Crippen MR) is 138 cm³/mol. The maximum absolute atomic E-state index is 13.7. The zero-order valence-corrected chi connectivity index (χ0v) is 21.4. The second kappa shape index (κ2) is 12.1. The van der Waals surface area contributed by atoms with E-state index in [0.717, 1.165) is 28.8 Å². The van der Waals surface area contributed by atoms with E-state index in [2.05, 4.69) is 0 Å². The normalized spacial score (nSPS) is 15.0. The Labute approximate surface area is 215 Å². The molecule has 2 aromatic carbocycles. The number of hydrogen-bond acceptors (Lipinski definition) is 5. The van der Waals surface area contributed by atoms with Crippen LogP contribution in [0.1, 0.15) is 39.2 Å². The van der Waals surface area contributed by atoms with Gasteiger partial charge in [0.25, 0.3) is 5.91 Å². The van der Waals surface area contributed by atoms with Gasteiger partial charge in [-0.25, -0.2) is 4.39 Å². The molecule has 1 fully saturated rings. The smallest absolute Gasteiger partial charge is 0.254 e. The van der Waals surface area contributed by atoms with Crippen LogP contribution in [0, 0.1) is 12.7 Å². The Hall–Kier alpha value is -3.23. The molecule has 1 atom stereocenters. The maximum atomic E-state index is 13.7. The number of amides is 2. The zero-order chi connectivity index (χ0) is 25.5. The average molecular weight is 511 g/mol. The number of carbonyl (C=O) groups excluding carboxylic acids is 2. The molecule has 1 aliphatic heterocycles. The van der Waals surface area contributed by atoms with Gasteiger partial charge in [0.05, 0.1) is 19.8 Å². The van der Waals surface area contributed by atoms with E-state index in [1.54, 1.807) is 64.6 Å². The molecule has 0 bridgehead atoms. The SMILES string of the molecule is COc1ccc(C(=O)N(CC(=O)N(Cc2ccc(F)cc2)Cc2sccc2C)CC2CCCO2)cc1. The van der Waals surface area contributed by atoms with Crippen LogP contribution in [0.5, 0.6) is 5.75 Å². The van der Waals surface area contributed by atoms with E-state index in [0.29, 0.717) is 37.6 Å². The number of benzene rings is 2. The topological polar surface area (TPSA) is 59.1 Å². The van der Waals surface area contributed by atoms with Crippen molar-refractivity contribution in [2.24, 2.45) is 0 Å². The lowest BCUT2D eigenvalue weighted by Gasteiger charge is -2.29. The van der Waals surface area contributed by atoms with Crippen LogP contribution in [0.15, 0.2) is 60.0 Å². The summed E-state index contributed by atoms with van der Waals surface area (Å²) in [5.74, 6) is -0.0637. The predicted octanol–water partition coefficient (Wildman–Crippen LogP) is 5.05. The Morgan fingerprint density at radius 3 is 2.42 bits per heavy atom. The monoisotopic (exact) mass is 510 g/mol. The van der Waals surface area contributed by atoms with E-state index >= 15 is 0 Å². The fourth-order valence-electron chi connectivity index (χ4n) is 4.21. The van der Waals surface area contributed by atoms with Crippen LogP contribution >= 0.6 is 11.3 Å². The summed E-state index contributed by atoms with van der Waals surface area (Å²) in [6, 6.07) is 15.1. The summed E-state index contributed by atoms with van der Waals surface area (Å²) in [6.45, 7) is 3.70. The maximum Gasteiger partial charge on any atom is 0.254 e. The molecular formula is C28H31FN2O4S. The lowest BCUT2D eigenvalue weighted by molar-refractivity contribution is -0.133. The van der Waals surface area contributed by atoms with Gasteiger partial charge in [0.15, 0.2) is 0 Å². The highest BCUT2D eigenvalue weighted by Crippen LogP contribution is 2.21. The molecule has 1 saturated heterocycles. The van der Waals surface area contributed by atoms with E-state index < -0.39 is 0 Å². The van der Waals surface area contributed by atoms with Gasteiger partial charge in [0, 0.05) is 30.1 Å². The highest BCUT2D eigenvalue weighted by molar-refractivity contribution is 7.10. The van der Waals surface area contributed by atoms with Crippen LogP contribution in [-0.2, 0) is 22.6 Å². The van der Waals surface area contributed by atoms with Gasteiger partial charge >= 0.3 is 0 Å². The molecule has 4 rings (SSSR count). The molecule has 0 aliphatic carbocycles. The molecule has 0 saturated carbocycles. The van der Waals surface area contributed by atoms with Gasteiger partial charge in [0.1, 0.15) is 18.1 Å². The molecule has 1 aliphatic rings. The first-order valence-electron chi connectivity index (χ1n) is 12.0. The van der Waals surface area contributed by atoms with Crippen LogP contribution in [0.2, 0.25) is 0 Å². The Morgan fingerprint density at radius 2 is 1.81 bits per heavy atom. The van der Waals surface area contributed by atoms with Gasteiger partial charge in [-0.05, 0) is 78.7 Å². The number of thiophene rings is 1. The number of ether oxygens (including phenoxy) is 2. The summed E-state index contributed by atoms with van der Waals surface area (Å²) in [4.78, 5) is 31.5. The van der Waals surface area contributed by atoms with Crippen molar-refractivity contribution >= 4 is 23.2 Å². The molecule has 6 nitrogen and oxygen atoms in total. The summed E-state index contributed by atoms with van der Waals surface area (Å²) in [5.41, 5.74) is 2.43. The first-order chi connectivity index (χ1) is 17.4. The minimum atomic E-state index is -0.321. The van der Waals surface area contributed by atoms with Crippen LogP contribution in [-0.4, -0.2) is 54.5 Å². The van der Waals surface area contributed by atoms with Gasteiger partial charge in [-0.1, -0.05) is 12.1 Å². The van der Waals surface area contributed by atoms with Gasteiger partial charge < -0.3 is 19.3 Å². The standard InChI is InChI=1S/C28H31FN2O4S/c1-20-13-15-36-26(20)18-30(16-21-5-9-23(29)10-6-21)27(32)19-31(17-25-4-3-14-35-25)28(33)22-7-11-24(34-2)12-8-22/h5-13,15,25H,3-4,14,16-19H2,1-2H3. The van der Waals surface area contributed by atoms with Crippen molar-refractivity contribution in [2.45, 2.75) is 39.0 Å². The Morgan fingerprint density at radius 1 is 1.06 bits per heavy atom. The Bertz CT molecular complexity index is 1160.